The lowest BCUT2D eigenvalue weighted by atomic mass is 10.0. The highest BCUT2D eigenvalue weighted by molar-refractivity contribution is 5.87. The Hall–Kier alpha value is -1.61. The number of rotatable bonds is 5. The van der Waals surface area contributed by atoms with Gasteiger partial charge in [0.25, 0.3) is 0 Å². The van der Waals surface area contributed by atoms with Crippen LogP contribution in [0.1, 0.15) is 26.2 Å². The summed E-state index contributed by atoms with van der Waals surface area (Å²) in [6, 6.07) is 1.24. The van der Waals surface area contributed by atoms with E-state index in [2.05, 4.69) is 10.1 Å². The molecule has 1 saturated heterocycles. The van der Waals surface area contributed by atoms with Crippen LogP contribution in [0.2, 0.25) is 0 Å². The standard InChI is InChI=1S/C12H18N2O4/c1-8(7-13)6-9(12(16)17-2)14-11(15)10-4-3-5-18-10/h8-10H,3-6H2,1-2H3,(H,14,15)/t8-,9-,10-/m0/s1. The second kappa shape index (κ2) is 6.97. The Morgan fingerprint density at radius 1 is 1.61 bits per heavy atom. The average Bonchev–Trinajstić information content (AvgIpc) is 2.90. The Balaban J connectivity index is 2.57. The van der Waals surface area contributed by atoms with Crippen LogP contribution in [0, 0.1) is 17.2 Å². The van der Waals surface area contributed by atoms with Gasteiger partial charge in [-0.05, 0) is 26.2 Å². The van der Waals surface area contributed by atoms with Crippen LogP contribution in [0.15, 0.2) is 0 Å². The SMILES string of the molecule is COC(=O)[C@H](C[C@H](C)C#N)NC(=O)[C@@H]1CCCO1. The van der Waals surface area contributed by atoms with E-state index in [-0.39, 0.29) is 18.2 Å². The normalized spacial score (nSPS) is 21.7. The zero-order valence-corrected chi connectivity index (χ0v) is 10.6. The van der Waals surface area contributed by atoms with Gasteiger partial charge in [0.15, 0.2) is 0 Å². The summed E-state index contributed by atoms with van der Waals surface area (Å²) in [6.07, 6.45) is 1.25. The second-order valence-electron chi connectivity index (χ2n) is 4.35. The molecule has 0 saturated carbocycles. The van der Waals surface area contributed by atoms with E-state index < -0.39 is 18.1 Å². The van der Waals surface area contributed by atoms with E-state index in [1.165, 1.54) is 7.11 Å². The summed E-state index contributed by atoms with van der Waals surface area (Å²) in [6.45, 7) is 2.25. The van der Waals surface area contributed by atoms with Crippen molar-refractivity contribution in [1.29, 1.82) is 5.26 Å². The highest BCUT2D eigenvalue weighted by Crippen LogP contribution is 2.13. The molecule has 6 nitrogen and oxygen atoms in total. The Morgan fingerprint density at radius 2 is 2.33 bits per heavy atom. The van der Waals surface area contributed by atoms with Crippen LogP contribution in [0.25, 0.3) is 0 Å². The minimum atomic E-state index is -0.790. The lowest BCUT2D eigenvalue weighted by Crippen LogP contribution is -2.46. The third-order valence-electron chi connectivity index (χ3n) is 2.83. The number of methoxy groups -OCH3 is 1. The van der Waals surface area contributed by atoms with Gasteiger partial charge in [0.1, 0.15) is 12.1 Å². The van der Waals surface area contributed by atoms with Crippen LogP contribution < -0.4 is 5.32 Å². The molecule has 6 heteroatoms. The fourth-order valence-corrected chi connectivity index (χ4v) is 1.81. The van der Waals surface area contributed by atoms with Gasteiger partial charge in [0.05, 0.1) is 13.2 Å². The summed E-state index contributed by atoms with van der Waals surface area (Å²) in [4.78, 5) is 23.3. The van der Waals surface area contributed by atoms with Crippen LogP contribution in [-0.2, 0) is 19.1 Å². The zero-order chi connectivity index (χ0) is 13.5. The molecule has 1 N–H and O–H groups in total. The summed E-state index contributed by atoms with van der Waals surface area (Å²) in [5.41, 5.74) is 0. The van der Waals surface area contributed by atoms with Crippen LogP contribution in [0.5, 0.6) is 0 Å². The Bertz CT molecular complexity index is 344. The van der Waals surface area contributed by atoms with Gasteiger partial charge >= 0.3 is 5.97 Å². The number of nitrogens with one attached hydrogen (secondary N) is 1. The lowest BCUT2D eigenvalue weighted by Gasteiger charge is -2.19. The van der Waals surface area contributed by atoms with Gasteiger partial charge in [-0.2, -0.15) is 5.26 Å². The average molecular weight is 254 g/mol. The van der Waals surface area contributed by atoms with Gasteiger partial charge in [0.2, 0.25) is 5.91 Å². The molecule has 1 fully saturated rings. The first kappa shape index (κ1) is 14.5. The number of nitrogens with zero attached hydrogens (tertiary/aromatic N) is 1. The minimum absolute atomic E-state index is 0.238. The summed E-state index contributed by atoms with van der Waals surface area (Å²) in [5.74, 6) is -1.18. The number of hydrogen-bond donors (Lipinski definition) is 1. The van der Waals surface area contributed by atoms with Gasteiger partial charge in [-0.3, -0.25) is 4.79 Å². The number of hydrogen-bond acceptors (Lipinski definition) is 5. The van der Waals surface area contributed by atoms with Crippen molar-refractivity contribution in [1.82, 2.24) is 5.32 Å². The fraction of sp³-hybridized carbons (Fsp3) is 0.750. The molecule has 0 aromatic rings. The van der Waals surface area contributed by atoms with Crippen molar-refractivity contribution in [2.75, 3.05) is 13.7 Å². The van der Waals surface area contributed by atoms with Gasteiger partial charge in [-0.1, -0.05) is 0 Å². The molecular formula is C12H18N2O4. The van der Waals surface area contributed by atoms with Crippen molar-refractivity contribution in [3.8, 4) is 6.07 Å². The predicted octanol–water partition coefficient (Wildman–Crippen LogP) is 0.373. The molecule has 1 amide bonds. The minimum Gasteiger partial charge on any atom is -0.467 e. The molecule has 0 bridgehead atoms. The molecular weight excluding hydrogens is 236 g/mol. The molecule has 18 heavy (non-hydrogen) atoms. The maximum Gasteiger partial charge on any atom is 0.328 e. The van der Waals surface area contributed by atoms with Crippen molar-refractivity contribution < 1.29 is 19.1 Å². The third-order valence-corrected chi connectivity index (χ3v) is 2.83. The molecule has 3 atom stereocenters. The quantitative estimate of drug-likeness (QED) is 0.716. The van der Waals surface area contributed by atoms with E-state index in [1.54, 1.807) is 6.92 Å². The molecule has 1 heterocycles. The summed E-state index contributed by atoms with van der Waals surface area (Å²) < 4.78 is 9.85. The lowest BCUT2D eigenvalue weighted by molar-refractivity contribution is -0.146. The summed E-state index contributed by atoms with van der Waals surface area (Å²) in [5, 5.41) is 11.3. The van der Waals surface area contributed by atoms with E-state index >= 15 is 0 Å². The maximum absolute atomic E-state index is 11.8. The molecule has 0 aromatic heterocycles. The number of ether oxygens (including phenoxy) is 2. The van der Waals surface area contributed by atoms with E-state index in [9.17, 15) is 9.59 Å². The number of nitriles is 1. The molecule has 0 unspecified atom stereocenters. The molecule has 1 aliphatic heterocycles. The van der Waals surface area contributed by atoms with Crippen molar-refractivity contribution in [2.45, 2.75) is 38.3 Å². The zero-order valence-electron chi connectivity index (χ0n) is 10.6. The molecule has 1 rings (SSSR count). The molecule has 0 spiro atoms. The second-order valence-corrected chi connectivity index (χ2v) is 4.35. The van der Waals surface area contributed by atoms with Gasteiger partial charge in [-0.15, -0.1) is 0 Å². The van der Waals surface area contributed by atoms with Crippen molar-refractivity contribution >= 4 is 11.9 Å². The third kappa shape index (κ3) is 4.00. The van der Waals surface area contributed by atoms with Crippen LogP contribution in [0.4, 0.5) is 0 Å². The van der Waals surface area contributed by atoms with Crippen LogP contribution >= 0.6 is 0 Å². The number of carbonyl (C=O) groups is 2. The Morgan fingerprint density at radius 3 is 2.83 bits per heavy atom. The fourth-order valence-electron chi connectivity index (χ4n) is 1.81. The Kier molecular flexibility index (Phi) is 5.59. The number of amides is 1. The first-order chi connectivity index (χ1) is 8.58. The van der Waals surface area contributed by atoms with Crippen molar-refractivity contribution in [2.24, 2.45) is 5.92 Å². The molecule has 1 aliphatic rings. The highest BCUT2D eigenvalue weighted by Gasteiger charge is 2.29. The summed E-state index contributed by atoms with van der Waals surface area (Å²) >= 11 is 0. The van der Waals surface area contributed by atoms with Crippen molar-refractivity contribution in [3.05, 3.63) is 0 Å². The van der Waals surface area contributed by atoms with E-state index in [0.717, 1.165) is 6.42 Å². The first-order valence-corrected chi connectivity index (χ1v) is 5.98. The van der Waals surface area contributed by atoms with E-state index in [0.29, 0.717) is 13.0 Å². The smallest absolute Gasteiger partial charge is 0.328 e. The Labute approximate surface area is 106 Å². The van der Waals surface area contributed by atoms with Gasteiger partial charge in [-0.25, -0.2) is 4.79 Å². The molecule has 100 valence electrons. The maximum atomic E-state index is 11.8. The predicted molar refractivity (Wildman–Crippen MR) is 62.3 cm³/mol. The molecule has 0 radical (unpaired) electrons. The van der Waals surface area contributed by atoms with E-state index in [4.69, 9.17) is 10.00 Å². The van der Waals surface area contributed by atoms with E-state index in [1.807, 2.05) is 6.07 Å². The monoisotopic (exact) mass is 254 g/mol. The van der Waals surface area contributed by atoms with Gasteiger partial charge < -0.3 is 14.8 Å². The van der Waals surface area contributed by atoms with Crippen LogP contribution in [0.3, 0.4) is 0 Å². The topological polar surface area (TPSA) is 88.4 Å². The van der Waals surface area contributed by atoms with Gasteiger partial charge in [0, 0.05) is 12.5 Å². The first-order valence-electron chi connectivity index (χ1n) is 5.98. The molecule has 0 aliphatic carbocycles. The highest BCUT2D eigenvalue weighted by atomic mass is 16.5. The summed E-state index contributed by atoms with van der Waals surface area (Å²) in [7, 11) is 1.25. The number of esters is 1. The molecule has 0 aromatic carbocycles. The largest absolute Gasteiger partial charge is 0.467 e. The van der Waals surface area contributed by atoms with Crippen molar-refractivity contribution in [3.63, 3.8) is 0 Å². The number of carbonyl (C=O) groups excluding carboxylic acids is 2. The van der Waals surface area contributed by atoms with Crippen LogP contribution in [-0.4, -0.2) is 37.7 Å².